The standard InChI is InChI=1S/C25H32N4O3/c1-17(26)22(24(31)29-32)28-23(30)21-13-11-19(12-14-21)6-5-18-7-9-20(10-8-18)15-27-16-25(2,3)4/h7-14,17,22,27,32H,15-16,26H2,1-4H3,(H,28,30)(H,29,31)/t17-,22?/m1/s1. The lowest BCUT2D eigenvalue weighted by atomic mass is 9.97. The quantitative estimate of drug-likeness (QED) is 0.259. The fourth-order valence-corrected chi connectivity index (χ4v) is 2.87. The molecule has 0 aliphatic heterocycles. The molecular formula is C25H32N4O3. The van der Waals surface area contributed by atoms with Crippen LogP contribution in [0.4, 0.5) is 0 Å². The molecule has 6 N–H and O–H groups in total. The second kappa shape index (κ2) is 11.4. The molecule has 0 radical (unpaired) electrons. The van der Waals surface area contributed by atoms with Gasteiger partial charge in [-0.15, -0.1) is 0 Å². The number of hydrogen-bond acceptors (Lipinski definition) is 5. The van der Waals surface area contributed by atoms with Crippen molar-refractivity contribution in [3.05, 3.63) is 70.8 Å². The molecule has 0 saturated carbocycles. The van der Waals surface area contributed by atoms with Crippen molar-refractivity contribution < 1.29 is 14.8 Å². The Bertz CT molecular complexity index is 965. The van der Waals surface area contributed by atoms with E-state index in [9.17, 15) is 9.59 Å². The van der Waals surface area contributed by atoms with Crippen molar-refractivity contribution in [2.75, 3.05) is 6.54 Å². The van der Waals surface area contributed by atoms with Crippen molar-refractivity contribution >= 4 is 11.8 Å². The van der Waals surface area contributed by atoms with Crippen LogP contribution in [0.15, 0.2) is 48.5 Å². The molecule has 0 aliphatic rings. The summed E-state index contributed by atoms with van der Waals surface area (Å²) in [6.07, 6.45) is 0. The average molecular weight is 437 g/mol. The first-order chi connectivity index (χ1) is 15.1. The van der Waals surface area contributed by atoms with E-state index in [1.54, 1.807) is 31.2 Å². The monoisotopic (exact) mass is 436 g/mol. The molecule has 0 heterocycles. The minimum absolute atomic E-state index is 0.250. The molecule has 2 atom stereocenters. The van der Waals surface area contributed by atoms with Gasteiger partial charge in [0.05, 0.1) is 0 Å². The van der Waals surface area contributed by atoms with Crippen molar-refractivity contribution in [2.45, 2.75) is 46.3 Å². The first-order valence-corrected chi connectivity index (χ1v) is 10.5. The minimum Gasteiger partial charge on any atom is -0.339 e. The van der Waals surface area contributed by atoms with Crippen LogP contribution in [-0.4, -0.2) is 35.7 Å². The summed E-state index contributed by atoms with van der Waals surface area (Å²) in [7, 11) is 0. The van der Waals surface area contributed by atoms with Gasteiger partial charge in [0.2, 0.25) is 0 Å². The summed E-state index contributed by atoms with van der Waals surface area (Å²) in [5, 5.41) is 14.7. The van der Waals surface area contributed by atoms with Crippen LogP contribution in [0.1, 0.15) is 54.7 Å². The molecule has 170 valence electrons. The molecule has 0 bridgehead atoms. The largest absolute Gasteiger partial charge is 0.339 e. The van der Waals surface area contributed by atoms with Gasteiger partial charge in [-0.1, -0.05) is 44.7 Å². The Kier molecular flexibility index (Phi) is 8.97. The molecule has 2 amide bonds. The Morgan fingerprint density at radius 1 is 1.00 bits per heavy atom. The Balaban J connectivity index is 1.97. The average Bonchev–Trinajstić information content (AvgIpc) is 2.75. The third-order valence-electron chi connectivity index (χ3n) is 4.64. The van der Waals surface area contributed by atoms with Crippen LogP contribution in [0, 0.1) is 17.3 Å². The predicted molar refractivity (Wildman–Crippen MR) is 125 cm³/mol. The Morgan fingerprint density at radius 2 is 1.53 bits per heavy atom. The summed E-state index contributed by atoms with van der Waals surface area (Å²) in [5.41, 5.74) is 10.7. The van der Waals surface area contributed by atoms with Gasteiger partial charge in [-0.25, -0.2) is 5.48 Å². The van der Waals surface area contributed by atoms with Crippen molar-refractivity contribution in [1.29, 1.82) is 0 Å². The molecular weight excluding hydrogens is 404 g/mol. The number of carbonyl (C=O) groups is 2. The minimum atomic E-state index is -1.04. The Labute approximate surface area is 189 Å². The second-order valence-corrected chi connectivity index (χ2v) is 8.97. The van der Waals surface area contributed by atoms with Gasteiger partial charge in [0.15, 0.2) is 0 Å². The van der Waals surface area contributed by atoms with Crippen LogP contribution in [0.3, 0.4) is 0 Å². The molecule has 0 fully saturated rings. The summed E-state index contributed by atoms with van der Waals surface area (Å²) in [6.45, 7) is 9.93. The molecule has 0 aliphatic carbocycles. The summed E-state index contributed by atoms with van der Waals surface area (Å²) < 4.78 is 0. The van der Waals surface area contributed by atoms with Gasteiger partial charge in [-0.2, -0.15) is 0 Å². The Morgan fingerprint density at radius 3 is 2.00 bits per heavy atom. The summed E-state index contributed by atoms with van der Waals surface area (Å²) in [4.78, 5) is 24.0. The first-order valence-electron chi connectivity index (χ1n) is 10.5. The number of hydrogen-bond donors (Lipinski definition) is 5. The van der Waals surface area contributed by atoms with Gasteiger partial charge in [0.25, 0.3) is 11.8 Å². The van der Waals surface area contributed by atoms with Crippen molar-refractivity contribution in [3.63, 3.8) is 0 Å². The molecule has 2 aromatic rings. The summed E-state index contributed by atoms with van der Waals surface area (Å²) >= 11 is 0. The van der Waals surface area contributed by atoms with Crippen LogP contribution < -0.4 is 21.8 Å². The van der Waals surface area contributed by atoms with E-state index in [0.717, 1.165) is 24.2 Å². The zero-order valence-corrected chi connectivity index (χ0v) is 19.0. The molecule has 2 rings (SSSR count). The molecule has 7 nitrogen and oxygen atoms in total. The molecule has 32 heavy (non-hydrogen) atoms. The Hall–Kier alpha value is -3.18. The van der Waals surface area contributed by atoms with E-state index in [1.807, 2.05) is 12.1 Å². The van der Waals surface area contributed by atoms with Crippen molar-refractivity contribution in [1.82, 2.24) is 16.1 Å². The van der Waals surface area contributed by atoms with Crippen LogP contribution in [0.25, 0.3) is 0 Å². The molecule has 0 saturated heterocycles. The molecule has 0 spiro atoms. The van der Waals surface area contributed by atoms with Gasteiger partial charge in [0.1, 0.15) is 6.04 Å². The van der Waals surface area contributed by atoms with Crippen LogP contribution in [-0.2, 0) is 11.3 Å². The predicted octanol–water partition coefficient (Wildman–Crippen LogP) is 2.17. The third-order valence-corrected chi connectivity index (χ3v) is 4.64. The highest BCUT2D eigenvalue weighted by Crippen LogP contribution is 2.11. The number of hydroxylamine groups is 1. The lowest BCUT2D eigenvalue weighted by Gasteiger charge is -2.20. The molecule has 0 aromatic heterocycles. The van der Waals surface area contributed by atoms with Gasteiger partial charge in [0, 0.05) is 35.8 Å². The maximum Gasteiger partial charge on any atom is 0.267 e. The van der Waals surface area contributed by atoms with E-state index in [-0.39, 0.29) is 5.41 Å². The van der Waals surface area contributed by atoms with E-state index in [1.165, 1.54) is 11.0 Å². The first kappa shape index (κ1) is 25.1. The highest BCUT2D eigenvalue weighted by atomic mass is 16.5. The normalized spacial score (nSPS) is 12.8. The molecule has 2 aromatic carbocycles. The highest BCUT2D eigenvalue weighted by molar-refractivity contribution is 5.97. The van der Waals surface area contributed by atoms with Gasteiger partial charge in [-0.3, -0.25) is 14.8 Å². The molecule has 1 unspecified atom stereocenters. The SMILES string of the molecule is C[C@@H](N)C(NC(=O)c1ccc(C#Cc2ccc(CNCC(C)(C)C)cc2)cc1)C(=O)NO. The number of amides is 2. The zero-order valence-electron chi connectivity index (χ0n) is 19.0. The third kappa shape index (κ3) is 8.16. The fraction of sp³-hybridized carbons (Fsp3) is 0.360. The summed E-state index contributed by atoms with van der Waals surface area (Å²) in [5.74, 6) is 4.96. The van der Waals surface area contributed by atoms with E-state index >= 15 is 0 Å². The van der Waals surface area contributed by atoms with Gasteiger partial charge >= 0.3 is 0 Å². The van der Waals surface area contributed by atoms with E-state index in [0.29, 0.717) is 5.56 Å². The number of benzene rings is 2. The van der Waals surface area contributed by atoms with E-state index in [4.69, 9.17) is 10.9 Å². The maximum atomic E-state index is 12.4. The van der Waals surface area contributed by atoms with E-state index < -0.39 is 23.9 Å². The lowest BCUT2D eigenvalue weighted by Crippen LogP contribution is -2.54. The smallest absolute Gasteiger partial charge is 0.267 e. The number of carbonyl (C=O) groups excluding carboxylic acids is 2. The molecule has 7 heteroatoms. The zero-order chi connectivity index (χ0) is 23.7. The van der Waals surface area contributed by atoms with Crippen LogP contribution in [0.2, 0.25) is 0 Å². The maximum absolute atomic E-state index is 12.4. The van der Waals surface area contributed by atoms with Crippen LogP contribution >= 0.6 is 0 Å². The summed E-state index contributed by atoms with van der Waals surface area (Å²) in [6, 6.07) is 13.1. The number of nitrogens with one attached hydrogen (secondary N) is 3. The van der Waals surface area contributed by atoms with Crippen LogP contribution in [0.5, 0.6) is 0 Å². The highest BCUT2D eigenvalue weighted by Gasteiger charge is 2.24. The number of nitrogens with two attached hydrogens (primary N) is 1. The number of rotatable bonds is 7. The van der Waals surface area contributed by atoms with E-state index in [2.05, 4.69) is 55.4 Å². The lowest BCUT2D eigenvalue weighted by molar-refractivity contribution is -0.131. The van der Waals surface area contributed by atoms with Gasteiger partial charge < -0.3 is 16.4 Å². The second-order valence-electron chi connectivity index (χ2n) is 8.97. The van der Waals surface area contributed by atoms with Gasteiger partial charge in [-0.05, 0) is 54.3 Å². The fourth-order valence-electron chi connectivity index (χ4n) is 2.87. The topological polar surface area (TPSA) is 116 Å². The van der Waals surface area contributed by atoms with Crippen molar-refractivity contribution in [2.24, 2.45) is 11.1 Å². The van der Waals surface area contributed by atoms with Crippen molar-refractivity contribution in [3.8, 4) is 11.8 Å².